The van der Waals surface area contributed by atoms with E-state index in [-0.39, 0.29) is 11.1 Å². The first-order valence-electron chi connectivity index (χ1n) is 11.7. The van der Waals surface area contributed by atoms with Gasteiger partial charge < -0.3 is 4.74 Å². The first-order chi connectivity index (χ1) is 20.0. The van der Waals surface area contributed by atoms with Crippen molar-refractivity contribution < 1.29 is 48.6 Å². The molecule has 0 aliphatic rings. The van der Waals surface area contributed by atoms with E-state index in [0.29, 0.717) is 24.3 Å². The maximum atomic E-state index is 15.8. The van der Waals surface area contributed by atoms with Crippen LogP contribution >= 0.6 is 23.2 Å². The molecule has 0 saturated heterocycles. The Kier molecular flexibility index (Phi) is 8.63. The van der Waals surface area contributed by atoms with E-state index in [1.165, 1.54) is 0 Å². The van der Waals surface area contributed by atoms with Gasteiger partial charge in [0.1, 0.15) is 0 Å². The Labute approximate surface area is 247 Å². The Morgan fingerprint density at radius 3 is 1.23 bits per heavy atom. The van der Waals surface area contributed by atoms with Gasteiger partial charge in [-0.3, -0.25) is 0 Å². The summed E-state index contributed by atoms with van der Waals surface area (Å²) in [6.07, 6.45) is -8.07. The van der Waals surface area contributed by atoms with Crippen molar-refractivity contribution in [3.8, 4) is 33.8 Å². The molecule has 13 heteroatoms. The lowest BCUT2D eigenvalue weighted by Crippen LogP contribution is -2.07. The van der Waals surface area contributed by atoms with Crippen LogP contribution in [0.5, 0.6) is 11.5 Å². The highest BCUT2D eigenvalue weighted by atomic mass is 35.5. The predicted molar refractivity (Wildman–Crippen MR) is 144 cm³/mol. The third-order valence-corrected chi connectivity index (χ3v) is 6.84. The number of halogens is 12. The molecule has 0 aliphatic carbocycles. The number of benzene rings is 4. The number of ether oxygens (including phenoxy) is 1. The molecule has 0 radical (unpaired) electrons. The Morgan fingerprint density at radius 1 is 0.581 bits per heavy atom. The molecule has 0 heterocycles. The molecule has 4 aromatic carbocycles. The number of hydrogen-bond acceptors (Lipinski definition) is 1. The lowest BCUT2D eigenvalue weighted by atomic mass is 9.96. The minimum atomic E-state index is -4.96. The van der Waals surface area contributed by atoms with Gasteiger partial charge in [-0.05, 0) is 58.7 Å². The SMILES string of the molecule is C=Cc1cc(F)c(Oc2c(F)cc(C=C)c(-c3ccc(Cl)c(C(F)(F)F)c3)c2F)c(F)c1-c1ccc(Cl)c(C(F)(F)F)c1. The van der Waals surface area contributed by atoms with Crippen LogP contribution in [-0.4, -0.2) is 0 Å². The zero-order valence-electron chi connectivity index (χ0n) is 21.1. The Hall–Kier alpha value is -3.96. The summed E-state index contributed by atoms with van der Waals surface area (Å²) in [5.41, 5.74) is -5.66. The van der Waals surface area contributed by atoms with Crippen LogP contribution in [0.15, 0.2) is 61.7 Å². The Bertz CT molecular complexity index is 1650. The van der Waals surface area contributed by atoms with Gasteiger partial charge >= 0.3 is 12.4 Å². The second kappa shape index (κ2) is 11.6. The lowest BCUT2D eigenvalue weighted by molar-refractivity contribution is -0.138. The average Bonchev–Trinajstić information content (AvgIpc) is 2.91. The molecule has 0 bridgehead atoms. The van der Waals surface area contributed by atoms with E-state index in [1.54, 1.807) is 0 Å². The Morgan fingerprint density at radius 2 is 0.930 bits per heavy atom. The Balaban J connectivity index is 1.94. The van der Waals surface area contributed by atoms with Crippen molar-refractivity contribution in [1.29, 1.82) is 0 Å². The summed E-state index contributed by atoms with van der Waals surface area (Å²) < 4.78 is 147. The highest BCUT2D eigenvalue weighted by Gasteiger charge is 2.35. The lowest BCUT2D eigenvalue weighted by Gasteiger charge is -2.18. The molecule has 0 amide bonds. The van der Waals surface area contributed by atoms with Crippen molar-refractivity contribution in [3.05, 3.63) is 117 Å². The largest absolute Gasteiger partial charge is 0.445 e. The number of alkyl halides is 6. The molecule has 0 aromatic heterocycles. The van der Waals surface area contributed by atoms with Gasteiger partial charge in [0.2, 0.25) is 0 Å². The van der Waals surface area contributed by atoms with E-state index in [2.05, 4.69) is 13.2 Å². The summed E-state index contributed by atoms with van der Waals surface area (Å²) in [6.45, 7) is 6.77. The molecular formula is C30H14Cl2F10O. The first kappa shape index (κ1) is 32.0. The molecule has 0 saturated carbocycles. The zero-order chi connectivity index (χ0) is 32.0. The fraction of sp³-hybridized carbons (Fsp3) is 0.0667. The van der Waals surface area contributed by atoms with Gasteiger partial charge in [-0.2, -0.15) is 26.3 Å². The van der Waals surface area contributed by atoms with Crippen LogP contribution < -0.4 is 4.74 Å². The summed E-state index contributed by atoms with van der Waals surface area (Å²) in [5, 5.41) is -1.43. The van der Waals surface area contributed by atoms with Gasteiger partial charge in [-0.25, -0.2) is 17.6 Å². The molecule has 0 spiro atoms. The van der Waals surface area contributed by atoms with E-state index in [0.717, 1.165) is 36.4 Å². The number of hydrogen-bond donors (Lipinski definition) is 0. The molecule has 0 unspecified atom stereocenters. The first-order valence-corrected chi connectivity index (χ1v) is 12.5. The smallest absolute Gasteiger partial charge is 0.417 e. The molecular weight excluding hydrogens is 637 g/mol. The van der Waals surface area contributed by atoms with E-state index in [9.17, 15) is 26.3 Å². The molecule has 0 fully saturated rings. The van der Waals surface area contributed by atoms with Crippen molar-refractivity contribution in [2.24, 2.45) is 0 Å². The minimum Gasteiger partial charge on any atom is -0.445 e. The van der Waals surface area contributed by atoms with Gasteiger partial charge in [0.25, 0.3) is 0 Å². The normalized spacial score (nSPS) is 11.9. The fourth-order valence-corrected chi connectivity index (χ4v) is 4.68. The van der Waals surface area contributed by atoms with Crippen molar-refractivity contribution in [2.75, 3.05) is 0 Å². The van der Waals surface area contributed by atoms with Gasteiger partial charge in [0, 0.05) is 11.1 Å². The number of rotatable bonds is 6. The van der Waals surface area contributed by atoms with E-state index in [4.69, 9.17) is 27.9 Å². The minimum absolute atomic E-state index is 0.345. The predicted octanol–water partition coefficient (Wildman–Crippen LogP) is 12.0. The van der Waals surface area contributed by atoms with Crippen LogP contribution in [0, 0.1) is 23.3 Å². The maximum absolute atomic E-state index is 15.8. The quantitative estimate of drug-likeness (QED) is 0.189. The standard InChI is InChI=1S/C30H14Cl2F10O/c1-3-13-11-21(33)27(25(35)23(13)15-5-7-19(31)17(9-15)29(37,38)39)43-28-22(34)12-14(4-2)24(26(28)36)16-6-8-20(32)18(10-16)30(40,41)42/h3-12H,1-2H2. The van der Waals surface area contributed by atoms with E-state index >= 15 is 17.6 Å². The summed E-state index contributed by atoms with van der Waals surface area (Å²) in [4.78, 5) is 0. The zero-order valence-corrected chi connectivity index (χ0v) is 22.6. The topological polar surface area (TPSA) is 9.23 Å². The van der Waals surface area contributed by atoms with Crippen molar-refractivity contribution >= 4 is 35.4 Å². The molecule has 4 rings (SSSR count). The summed E-state index contributed by atoms with van der Waals surface area (Å²) >= 11 is 11.3. The second-order valence-electron chi connectivity index (χ2n) is 8.83. The maximum Gasteiger partial charge on any atom is 0.417 e. The molecule has 43 heavy (non-hydrogen) atoms. The fourth-order valence-electron chi connectivity index (χ4n) is 4.23. The average molecular weight is 651 g/mol. The van der Waals surface area contributed by atoms with Gasteiger partial charge in [0.15, 0.2) is 34.8 Å². The van der Waals surface area contributed by atoms with Crippen molar-refractivity contribution in [3.63, 3.8) is 0 Å². The molecule has 0 N–H and O–H groups in total. The molecule has 0 aliphatic heterocycles. The van der Waals surface area contributed by atoms with Gasteiger partial charge in [-0.1, -0.05) is 60.6 Å². The van der Waals surface area contributed by atoms with Crippen molar-refractivity contribution in [1.82, 2.24) is 0 Å². The van der Waals surface area contributed by atoms with Crippen LogP contribution in [-0.2, 0) is 12.4 Å². The van der Waals surface area contributed by atoms with Crippen LogP contribution in [0.25, 0.3) is 34.4 Å². The second-order valence-corrected chi connectivity index (χ2v) is 9.64. The van der Waals surface area contributed by atoms with Gasteiger partial charge in [-0.15, -0.1) is 0 Å². The highest BCUT2D eigenvalue weighted by molar-refractivity contribution is 6.31. The van der Waals surface area contributed by atoms with Crippen LogP contribution in [0.3, 0.4) is 0 Å². The summed E-state index contributed by atoms with van der Waals surface area (Å²) in [6, 6.07) is 5.77. The molecule has 224 valence electrons. The monoisotopic (exact) mass is 650 g/mol. The van der Waals surface area contributed by atoms with Crippen molar-refractivity contribution in [2.45, 2.75) is 12.4 Å². The van der Waals surface area contributed by atoms with Crippen LogP contribution in [0.4, 0.5) is 43.9 Å². The van der Waals surface area contributed by atoms with E-state index in [1.807, 2.05) is 0 Å². The molecule has 1 nitrogen and oxygen atoms in total. The van der Waals surface area contributed by atoms with Crippen LogP contribution in [0.1, 0.15) is 22.3 Å². The van der Waals surface area contributed by atoms with Gasteiger partial charge in [0.05, 0.1) is 21.2 Å². The summed E-state index contributed by atoms with van der Waals surface area (Å²) in [7, 11) is 0. The third-order valence-electron chi connectivity index (χ3n) is 6.18. The molecule has 0 atom stereocenters. The van der Waals surface area contributed by atoms with Crippen LogP contribution in [0.2, 0.25) is 10.0 Å². The van der Waals surface area contributed by atoms with E-state index < -0.39 is 90.5 Å². The summed E-state index contributed by atoms with van der Waals surface area (Å²) in [5.74, 6) is -9.23. The highest BCUT2D eigenvalue weighted by Crippen LogP contribution is 2.45. The third kappa shape index (κ3) is 6.09. The molecule has 4 aromatic rings.